The zero-order valence-corrected chi connectivity index (χ0v) is 17.7. The summed E-state index contributed by atoms with van der Waals surface area (Å²) in [6, 6.07) is 9.96. The molecule has 0 N–H and O–H groups in total. The summed E-state index contributed by atoms with van der Waals surface area (Å²) in [4.78, 5) is 29.5. The second-order valence-corrected chi connectivity index (χ2v) is 8.07. The van der Waals surface area contributed by atoms with Crippen molar-refractivity contribution in [3.63, 3.8) is 0 Å². The smallest absolute Gasteiger partial charge is 0.346 e. The predicted molar refractivity (Wildman–Crippen MR) is 114 cm³/mol. The third kappa shape index (κ3) is 4.65. The maximum Gasteiger partial charge on any atom is 0.346 e. The summed E-state index contributed by atoms with van der Waals surface area (Å²) >= 11 is 0. The molecule has 2 aliphatic rings. The first-order chi connectivity index (χ1) is 14.7. The lowest BCUT2D eigenvalue weighted by Gasteiger charge is -2.33. The summed E-state index contributed by atoms with van der Waals surface area (Å²) in [6.07, 6.45) is 1.83. The molecule has 2 aliphatic heterocycles. The molecule has 0 saturated carbocycles. The van der Waals surface area contributed by atoms with Crippen LogP contribution in [0.1, 0.15) is 37.1 Å². The van der Waals surface area contributed by atoms with Gasteiger partial charge >= 0.3 is 5.69 Å². The standard InChI is InChI=1S/C22H31N5O3/c1-2-26-21(23-27(22(26)29)16-18-6-4-3-5-7-18)19-8-10-24(11-9-19)17-20(28)25-12-14-30-15-13-25/h3-7,19H,2,8-17H2,1H3. The van der Waals surface area contributed by atoms with E-state index >= 15 is 0 Å². The zero-order chi connectivity index (χ0) is 20.9. The molecule has 30 heavy (non-hydrogen) atoms. The number of amides is 1. The summed E-state index contributed by atoms with van der Waals surface area (Å²) in [6.45, 7) is 7.93. The molecule has 0 atom stereocenters. The van der Waals surface area contributed by atoms with Gasteiger partial charge in [0, 0.05) is 25.6 Å². The van der Waals surface area contributed by atoms with Gasteiger partial charge in [0.2, 0.25) is 5.91 Å². The van der Waals surface area contributed by atoms with Crippen molar-refractivity contribution in [3.8, 4) is 0 Å². The van der Waals surface area contributed by atoms with Crippen LogP contribution < -0.4 is 5.69 Å². The number of morpholine rings is 1. The van der Waals surface area contributed by atoms with Gasteiger partial charge in [-0.25, -0.2) is 9.48 Å². The Morgan fingerprint density at radius 1 is 1.10 bits per heavy atom. The summed E-state index contributed by atoms with van der Waals surface area (Å²) in [5, 5.41) is 4.72. The fourth-order valence-corrected chi connectivity index (χ4v) is 4.37. The third-order valence-corrected chi connectivity index (χ3v) is 6.12. The Balaban J connectivity index is 1.38. The van der Waals surface area contributed by atoms with Gasteiger partial charge in [-0.3, -0.25) is 14.3 Å². The van der Waals surface area contributed by atoms with E-state index in [0.29, 0.717) is 45.9 Å². The lowest BCUT2D eigenvalue weighted by Crippen LogP contribution is -2.47. The second-order valence-electron chi connectivity index (χ2n) is 8.07. The van der Waals surface area contributed by atoms with Gasteiger partial charge in [-0.05, 0) is 38.4 Å². The third-order valence-electron chi connectivity index (χ3n) is 6.12. The summed E-state index contributed by atoms with van der Waals surface area (Å²) in [5.74, 6) is 1.33. The van der Waals surface area contributed by atoms with Gasteiger partial charge in [0.05, 0.1) is 26.3 Å². The van der Waals surface area contributed by atoms with E-state index in [1.165, 1.54) is 0 Å². The molecule has 8 heteroatoms. The van der Waals surface area contributed by atoms with Gasteiger partial charge < -0.3 is 9.64 Å². The van der Waals surface area contributed by atoms with Gasteiger partial charge in [-0.2, -0.15) is 5.10 Å². The van der Waals surface area contributed by atoms with E-state index in [4.69, 9.17) is 9.84 Å². The molecule has 0 unspecified atom stereocenters. The fraction of sp³-hybridized carbons (Fsp3) is 0.591. The SMILES string of the molecule is CCn1c(C2CCN(CC(=O)N3CCOCC3)CC2)nn(Cc2ccccc2)c1=O. The Kier molecular flexibility index (Phi) is 6.64. The summed E-state index contributed by atoms with van der Waals surface area (Å²) < 4.78 is 8.72. The molecule has 1 aromatic carbocycles. The maximum absolute atomic E-state index is 12.8. The number of aromatic nitrogens is 3. The van der Waals surface area contributed by atoms with Crippen LogP contribution in [0.25, 0.3) is 0 Å². The normalized spacial score (nSPS) is 18.6. The Bertz CT molecular complexity index is 893. The van der Waals surface area contributed by atoms with Crippen molar-refractivity contribution >= 4 is 5.91 Å². The predicted octanol–water partition coefficient (Wildman–Crippen LogP) is 1.15. The number of likely N-dealkylation sites (tertiary alicyclic amines) is 1. The average molecular weight is 414 g/mol. The molecule has 3 heterocycles. The number of hydrogen-bond donors (Lipinski definition) is 0. The van der Waals surface area contributed by atoms with Crippen LogP contribution in [0.2, 0.25) is 0 Å². The van der Waals surface area contributed by atoms with Crippen molar-refractivity contribution in [1.29, 1.82) is 0 Å². The highest BCUT2D eigenvalue weighted by Crippen LogP contribution is 2.26. The number of piperidine rings is 1. The lowest BCUT2D eigenvalue weighted by atomic mass is 9.96. The minimum Gasteiger partial charge on any atom is -0.378 e. The van der Waals surface area contributed by atoms with Crippen LogP contribution in [0.3, 0.4) is 0 Å². The Morgan fingerprint density at radius 3 is 2.47 bits per heavy atom. The van der Waals surface area contributed by atoms with Crippen LogP contribution >= 0.6 is 0 Å². The van der Waals surface area contributed by atoms with Crippen LogP contribution in [-0.2, 0) is 22.6 Å². The van der Waals surface area contributed by atoms with E-state index in [1.54, 1.807) is 4.68 Å². The molecule has 0 bridgehead atoms. The van der Waals surface area contributed by atoms with Crippen LogP contribution in [0.15, 0.2) is 35.1 Å². The molecule has 1 aromatic heterocycles. The number of carbonyl (C=O) groups is 1. The monoisotopic (exact) mass is 413 g/mol. The average Bonchev–Trinajstić information content (AvgIpc) is 3.10. The Labute approximate surface area is 177 Å². The highest BCUT2D eigenvalue weighted by atomic mass is 16.5. The summed E-state index contributed by atoms with van der Waals surface area (Å²) in [7, 11) is 0. The highest BCUT2D eigenvalue weighted by Gasteiger charge is 2.28. The number of nitrogens with zero attached hydrogens (tertiary/aromatic N) is 5. The molecule has 2 saturated heterocycles. The molecule has 4 rings (SSSR count). The number of ether oxygens (including phenoxy) is 1. The topological polar surface area (TPSA) is 72.6 Å². The van der Waals surface area contributed by atoms with E-state index in [-0.39, 0.29) is 17.5 Å². The molecule has 1 amide bonds. The highest BCUT2D eigenvalue weighted by molar-refractivity contribution is 5.78. The number of benzene rings is 1. The second kappa shape index (κ2) is 9.57. The quantitative estimate of drug-likeness (QED) is 0.711. The molecule has 0 aliphatic carbocycles. The van der Waals surface area contributed by atoms with Crippen LogP contribution in [0.5, 0.6) is 0 Å². The van der Waals surface area contributed by atoms with Gasteiger partial charge in [0.1, 0.15) is 5.82 Å². The van der Waals surface area contributed by atoms with Gasteiger partial charge in [0.25, 0.3) is 0 Å². The fourth-order valence-electron chi connectivity index (χ4n) is 4.37. The van der Waals surface area contributed by atoms with Crippen molar-refractivity contribution < 1.29 is 9.53 Å². The van der Waals surface area contributed by atoms with Gasteiger partial charge in [0.15, 0.2) is 0 Å². The van der Waals surface area contributed by atoms with Crippen molar-refractivity contribution in [2.75, 3.05) is 45.9 Å². The first-order valence-corrected chi connectivity index (χ1v) is 10.9. The minimum atomic E-state index is -0.0405. The first kappa shape index (κ1) is 20.8. The first-order valence-electron chi connectivity index (χ1n) is 10.9. The lowest BCUT2D eigenvalue weighted by molar-refractivity contribution is -0.136. The van der Waals surface area contributed by atoms with Crippen LogP contribution in [-0.4, -0.2) is 76.0 Å². The van der Waals surface area contributed by atoms with E-state index in [0.717, 1.165) is 37.3 Å². The minimum absolute atomic E-state index is 0.0405. The molecular formula is C22H31N5O3. The zero-order valence-electron chi connectivity index (χ0n) is 17.7. The van der Waals surface area contributed by atoms with Crippen LogP contribution in [0.4, 0.5) is 0 Å². The molecule has 2 fully saturated rings. The molecule has 8 nitrogen and oxygen atoms in total. The van der Waals surface area contributed by atoms with Crippen molar-refractivity contribution in [1.82, 2.24) is 24.1 Å². The maximum atomic E-state index is 12.8. The molecule has 2 aromatic rings. The molecular weight excluding hydrogens is 382 g/mol. The Hall–Kier alpha value is -2.45. The largest absolute Gasteiger partial charge is 0.378 e. The Morgan fingerprint density at radius 2 is 1.80 bits per heavy atom. The van der Waals surface area contributed by atoms with E-state index < -0.39 is 0 Å². The molecule has 162 valence electrons. The van der Waals surface area contributed by atoms with E-state index in [1.807, 2.05) is 46.7 Å². The number of hydrogen-bond acceptors (Lipinski definition) is 5. The van der Waals surface area contributed by atoms with Crippen molar-refractivity contribution in [2.45, 2.75) is 38.8 Å². The van der Waals surface area contributed by atoms with E-state index in [9.17, 15) is 9.59 Å². The van der Waals surface area contributed by atoms with Gasteiger partial charge in [-0.15, -0.1) is 0 Å². The number of rotatable bonds is 6. The summed E-state index contributed by atoms with van der Waals surface area (Å²) in [5.41, 5.74) is 1.03. The van der Waals surface area contributed by atoms with Crippen molar-refractivity contribution in [2.24, 2.45) is 0 Å². The molecule has 0 radical (unpaired) electrons. The van der Waals surface area contributed by atoms with E-state index in [2.05, 4.69) is 4.90 Å². The van der Waals surface area contributed by atoms with Crippen molar-refractivity contribution in [3.05, 3.63) is 52.2 Å². The van der Waals surface area contributed by atoms with Gasteiger partial charge in [-0.1, -0.05) is 30.3 Å². The number of carbonyl (C=O) groups excluding carboxylic acids is 1. The van der Waals surface area contributed by atoms with Crippen LogP contribution in [0, 0.1) is 0 Å². The molecule has 0 spiro atoms.